The fraction of sp³-hybridized carbons (Fsp3) is 0.448. The van der Waals surface area contributed by atoms with Crippen molar-refractivity contribution in [1.29, 1.82) is 0 Å². The van der Waals surface area contributed by atoms with Gasteiger partial charge in [-0.2, -0.15) is 0 Å². The summed E-state index contributed by atoms with van der Waals surface area (Å²) in [4.78, 5) is 49.8. The minimum atomic E-state index is -0.950. The molecule has 0 aliphatic heterocycles. The zero-order valence-corrected chi connectivity index (χ0v) is 22.8. The number of methoxy groups -OCH3 is 1. The van der Waals surface area contributed by atoms with Gasteiger partial charge in [-0.15, -0.1) is 0 Å². The summed E-state index contributed by atoms with van der Waals surface area (Å²) in [6.45, 7) is 4.29. The summed E-state index contributed by atoms with van der Waals surface area (Å²) in [5.74, 6) is -1.24. The van der Waals surface area contributed by atoms with E-state index in [1.165, 1.54) is 7.11 Å². The van der Waals surface area contributed by atoms with Gasteiger partial charge in [-0.1, -0.05) is 80.9 Å². The molecule has 0 saturated heterocycles. The van der Waals surface area contributed by atoms with Crippen LogP contribution in [0.15, 0.2) is 60.7 Å². The maximum atomic E-state index is 13.1. The summed E-state index contributed by atoms with van der Waals surface area (Å²) < 4.78 is 15.3. The van der Waals surface area contributed by atoms with Crippen LogP contribution in [0.1, 0.15) is 50.7 Å². The smallest absolute Gasteiger partial charge is 0.408 e. The van der Waals surface area contributed by atoms with Crippen LogP contribution < -0.4 is 16.0 Å². The van der Waals surface area contributed by atoms with Gasteiger partial charge in [0, 0.05) is 6.54 Å². The second-order valence-electron chi connectivity index (χ2n) is 9.14. The van der Waals surface area contributed by atoms with Gasteiger partial charge >= 0.3 is 18.2 Å². The number of rotatable bonds is 15. The first-order valence-electron chi connectivity index (χ1n) is 13.1. The summed E-state index contributed by atoms with van der Waals surface area (Å²) >= 11 is 0. The fourth-order valence-electron chi connectivity index (χ4n) is 3.66. The van der Waals surface area contributed by atoms with Crippen LogP contribution in [-0.4, -0.2) is 49.8 Å². The van der Waals surface area contributed by atoms with Gasteiger partial charge in [-0.25, -0.2) is 14.4 Å². The van der Waals surface area contributed by atoms with E-state index >= 15 is 0 Å². The lowest BCUT2D eigenvalue weighted by molar-refractivity contribution is -0.146. The Hall–Kier alpha value is -4.08. The number of carbonyl (C=O) groups is 4. The van der Waals surface area contributed by atoms with Crippen LogP contribution in [0.2, 0.25) is 0 Å². The Labute approximate surface area is 229 Å². The predicted octanol–water partition coefficient (Wildman–Crippen LogP) is 4.08. The van der Waals surface area contributed by atoms with E-state index in [4.69, 9.17) is 14.2 Å². The third kappa shape index (κ3) is 11.9. The Morgan fingerprint density at radius 2 is 1.36 bits per heavy atom. The Morgan fingerprint density at radius 1 is 0.795 bits per heavy atom. The highest BCUT2D eigenvalue weighted by Gasteiger charge is 2.30. The van der Waals surface area contributed by atoms with Crippen molar-refractivity contribution in [3.8, 4) is 0 Å². The minimum Gasteiger partial charge on any atom is -0.467 e. The molecule has 0 unspecified atom stereocenters. The first-order chi connectivity index (χ1) is 18.8. The van der Waals surface area contributed by atoms with E-state index < -0.39 is 36.1 Å². The molecule has 3 atom stereocenters. The third-order valence-corrected chi connectivity index (χ3v) is 6.19. The lowest BCUT2D eigenvalue weighted by atomic mass is 9.98. The number of alkyl carbamates (subject to hydrolysis) is 2. The molecule has 2 aromatic carbocycles. The lowest BCUT2D eigenvalue weighted by Gasteiger charge is -2.25. The summed E-state index contributed by atoms with van der Waals surface area (Å²) in [5.41, 5.74) is 1.69. The van der Waals surface area contributed by atoms with E-state index in [0.717, 1.165) is 11.1 Å². The van der Waals surface area contributed by atoms with Crippen molar-refractivity contribution in [2.75, 3.05) is 13.7 Å². The maximum Gasteiger partial charge on any atom is 0.408 e. The number of amides is 3. The van der Waals surface area contributed by atoms with E-state index in [9.17, 15) is 19.2 Å². The van der Waals surface area contributed by atoms with Crippen LogP contribution in [0.4, 0.5) is 9.59 Å². The Balaban J connectivity index is 1.88. The number of hydrogen-bond donors (Lipinski definition) is 3. The van der Waals surface area contributed by atoms with Crippen molar-refractivity contribution in [3.63, 3.8) is 0 Å². The molecule has 3 N–H and O–H groups in total. The van der Waals surface area contributed by atoms with Gasteiger partial charge in [0.2, 0.25) is 5.91 Å². The molecule has 0 aliphatic carbocycles. The van der Waals surface area contributed by atoms with Crippen LogP contribution in [-0.2, 0) is 37.0 Å². The first kappa shape index (κ1) is 31.1. The van der Waals surface area contributed by atoms with Crippen molar-refractivity contribution < 1.29 is 33.4 Å². The Kier molecular flexibility index (Phi) is 13.9. The molecule has 10 nitrogen and oxygen atoms in total. The average Bonchev–Trinajstić information content (AvgIpc) is 2.97. The van der Waals surface area contributed by atoms with E-state index in [1.807, 2.05) is 74.5 Å². The molecule has 0 heterocycles. The van der Waals surface area contributed by atoms with Crippen LogP contribution in [0, 0.1) is 5.92 Å². The van der Waals surface area contributed by atoms with Crippen LogP contribution in [0.3, 0.4) is 0 Å². The molecule has 0 bridgehead atoms. The molecule has 0 fully saturated rings. The molecule has 0 aromatic heterocycles. The zero-order chi connectivity index (χ0) is 28.5. The van der Waals surface area contributed by atoms with Crippen molar-refractivity contribution in [2.24, 2.45) is 5.92 Å². The first-order valence-corrected chi connectivity index (χ1v) is 13.1. The van der Waals surface area contributed by atoms with E-state index in [-0.39, 0.29) is 25.6 Å². The largest absolute Gasteiger partial charge is 0.467 e. The molecular weight excluding hydrogens is 502 g/mol. The molecular formula is C29H39N3O7. The van der Waals surface area contributed by atoms with Gasteiger partial charge in [0.15, 0.2) is 0 Å². The van der Waals surface area contributed by atoms with Gasteiger partial charge in [-0.3, -0.25) is 4.79 Å². The number of carbonyl (C=O) groups excluding carboxylic acids is 4. The van der Waals surface area contributed by atoms with Crippen molar-refractivity contribution in [3.05, 3.63) is 71.8 Å². The van der Waals surface area contributed by atoms with Crippen LogP contribution in [0.25, 0.3) is 0 Å². The van der Waals surface area contributed by atoms with E-state index in [0.29, 0.717) is 25.8 Å². The molecule has 2 rings (SSSR count). The molecule has 0 spiro atoms. The van der Waals surface area contributed by atoms with E-state index in [1.54, 1.807) is 0 Å². The van der Waals surface area contributed by atoms with Gasteiger partial charge in [0.1, 0.15) is 25.3 Å². The third-order valence-electron chi connectivity index (χ3n) is 6.19. The highest BCUT2D eigenvalue weighted by Crippen LogP contribution is 2.11. The zero-order valence-electron chi connectivity index (χ0n) is 22.8. The maximum absolute atomic E-state index is 13.1. The highest BCUT2D eigenvalue weighted by molar-refractivity contribution is 5.89. The number of unbranched alkanes of at least 4 members (excludes halogenated alkanes) is 1. The Morgan fingerprint density at radius 3 is 1.90 bits per heavy atom. The number of hydrogen-bond acceptors (Lipinski definition) is 7. The summed E-state index contributed by atoms with van der Waals surface area (Å²) in [6.07, 6.45) is 0.661. The van der Waals surface area contributed by atoms with Crippen LogP contribution in [0.5, 0.6) is 0 Å². The van der Waals surface area contributed by atoms with Crippen molar-refractivity contribution >= 4 is 24.1 Å². The van der Waals surface area contributed by atoms with Gasteiger partial charge in [0.25, 0.3) is 0 Å². The average molecular weight is 542 g/mol. The molecule has 39 heavy (non-hydrogen) atoms. The SMILES string of the molecule is CC[C@H](C)[C@H](NC(=O)[C@H](CCCCNC(=O)OCc1ccccc1)NC(=O)OCc1ccccc1)C(=O)OC. The standard InChI is InChI=1S/C29H39N3O7/c1-4-21(2)25(27(34)37-3)32-26(33)24(31-29(36)39-20-23-15-9-6-10-16-23)17-11-12-18-30-28(35)38-19-22-13-7-5-8-14-22/h5-10,13-16,21,24-25H,4,11-12,17-20H2,1-3H3,(H,30,35)(H,31,36)(H,32,33)/t21-,24-,25-/m0/s1. The molecule has 2 aromatic rings. The quantitative estimate of drug-likeness (QED) is 0.176. The number of benzene rings is 2. The van der Waals surface area contributed by atoms with Crippen molar-refractivity contribution in [2.45, 2.75) is 64.8 Å². The fourth-order valence-corrected chi connectivity index (χ4v) is 3.66. The topological polar surface area (TPSA) is 132 Å². The summed E-state index contributed by atoms with van der Waals surface area (Å²) in [5, 5.41) is 8.00. The summed E-state index contributed by atoms with van der Waals surface area (Å²) in [6, 6.07) is 16.7. The molecule has 10 heteroatoms. The lowest BCUT2D eigenvalue weighted by Crippen LogP contribution is -2.53. The second kappa shape index (κ2) is 17.4. The molecule has 0 saturated carbocycles. The summed E-state index contributed by atoms with van der Waals surface area (Å²) in [7, 11) is 1.26. The highest BCUT2D eigenvalue weighted by atomic mass is 16.6. The van der Waals surface area contributed by atoms with E-state index in [2.05, 4.69) is 16.0 Å². The Bertz CT molecular complexity index is 1030. The monoisotopic (exact) mass is 541 g/mol. The number of ether oxygens (including phenoxy) is 3. The van der Waals surface area contributed by atoms with Gasteiger partial charge in [0.05, 0.1) is 7.11 Å². The molecule has 0 aliphatic rings. The number of esters is 1. The normalized spacial score (nSPS) is 12.8. The number of nitrogens with one attached hydrogen (secondary N) is 3. The van der Waals surface area contributed by atoms with Crippen molar-refractivity contribution in [1.82, 2.24) is 16.0 Å². The second-order valence-corrected chi connectivity index (χ2v) is 9.14. The predicted molar refractivity (Wildman–Crippen MR) is 145 cm³/mol. The molecule has 212 valence electrons. The molecule has 0 radical (unpaired) electrons. The van der Waals surface area contributed by atoms with Crippen LogP contribution >= 0.6 is 0 Å². The van der Waals surface area contributed by atoms with Gasteiger partial charge < -0.3 is 30.2 Å². The van der Waals surface area contributed by atoms with Gasteiger partial charge in [-0.05, 0) is 36.3 Å². The molecule has 3 amide bonds. The minimum absolute atomic E-state index is 0.0493.